The summed E-state index contributed by atoms with van der Waals surface area (Å²) in [5.74, 6) is -0.151. The Morgan fingerprint density at radius 3 is 2.69 bits per heavy atom. The van der Waals surface area contributed by atoms with E-state index in [1.807, 2.05) is 6.92 Å². The molecule has 0 atom stereocenters. The lowest BCUT2D eigenvalue weighted by molar-refractivity contribution is -0.115. The third-order valence-electron chi connectivity index (χ3n) is 1.84. The van der Waals surface area contributed by atoms with Gasteiger partial charge in [-0.15, -0.1) is 0 Å². The smallest absolute Gasteiger partial charge is 0.238 e. The molecule has 0 saturated heterocycles. The van der Waals surface area contributed by atoms with Crippen LogP contribution in [0, 0.1) is 0 Å². The fourth-order valence-corrected chi connectivity index (χ4v) is 1.88. The highest BCUT2D eigenvalue weighted by Crippen LogP contribution is 2.35. The number of likely N-dealkylation sites (N-methyl/N-ethyl adjacent to an activating group) is 1. The molecule has 16 heavy (non-hydrogen) atoms. The monoisotopic (exact) mass is 324 g/mol. The van der Waals surface area contributed by atoms with Crippen molar-refractivity contribution in [3.8, 4) is 0 Å². The highest BCUT2D eigenvalue weighted by Gasteiger charge is 2.10. The molecule has 0 spiro atoms. The summed E-state index contributed by atoms with van der Waals surface area (Å²) >= 11 is 15.2. The zero-order valence-electron chi connectivity index (χ0n) is 8.61. The van der Waals surface area contributed by atoms with E-state index in [2.05, 4.69) is 26.6 Å². The van der Waals surface area contributed by atoms with Crippen molar-refractivity contribution in [3.63, 3.8) is 0 Å². The Bertz CT molecular complexity index is 399. The van der Waals surface area contributed by atoms with Gasteiger partial charge in [-0.3, -0.25) is 4.79 Å². The first-order valence-corrected chi connectivity index (χ1v) is 6.25. The Hall–Kier alpha value is -0.290. The molecule has 3 nitrogen and oxygen atoms in total. The second-order valence-electron chi connectivity index (χ2n) is 3.05. The summed E-state index contributed by atoms with van der Waals surface area (Å²) in [6.45, 7) is 2.92. The number of nitrogens with one attached hydrogen (secondary N) is 2. The number of carbonyl (C=O) groups excluding carboxylic acids is 1. The summed E-state index contributed by atoms with van der Waals surface area (Å²) in [6.07, 6.45) is 0. The summed E-state index contributed by atoms with van der Waals surface area (Å²) in [5, 5.41) is 6.32. The van der Waals surface area contributed by atoms with Gasteiger partial charge in [0.1, 0.15) is 0 Å². The molecule has 1 rings (SSSR count). The Kier molecular flexibility index (Phi) is 5.55. The van der Waals surface area contributed by atoms with Gasteiger partial charge in [-0.2, -0.15) is 0 Å². The van der Waals surface area contributed by atoms with Gasteiger partial charge in [0.15, 0.2) is 0 Å². The average Bonchev–Trinajstić information content (AvgIpc) is 2.27. The predicted octanol–water partition coefficient (Wildman–Crippen LogP) is 3.30. The lowest BCUT2D eigenvalue weighted by atomic mass is 10.3. The van der Waals surface area contributed by atoms with Crippen LogP contribution in [0.1, 0.15) is 6.92 Å². The fourth-order valence-electron chi connectivity index (χ4n) is 1.06. The van der Waals surface area contributed by atoms with Gasteiger partial charge in [0.2, 0.25) is 5.91 Å². The Morgan fingerprint density at radius 1 is 1.38 bits per heavy atom. The van der Waals surface area contributed by atoms with E-state index in [1.165, 1.54) is 0 Å². The van der Waals surface area contributed by atoms with E-state index in [0.29, 0.717) is 20.2 Å². The minimum atomic E-state index is -0.151. The number of rotatable bonds is 4. The van der Waals surface area contributed by atoms with Crippen molar-refractivity contribution in [2.24, 2.45) is 0 Å². The lowest BCUT2D eigenvalue weighted by Crippen LogP contribution is -2.27. The van der Waals surface area contributed by atoms with E-state index in [0.717, 1.165) is 6.54 Å². The number of hydrogen-bond acceptors (Lipinski definition) is 2. The topological polar surface area (TPSA) is 41.1 Å². The van der Waals surface area contributed by atoms with Crippen molar-refractivity contribution >= 4 is 50.7 Å². The minimum absolute atomic E-state index is 0.151. The zero-order valence-corrected chi connectivity index (χ0v) is 11.7. The largest absolute Gasteiger partial charge is 0.324 e. The standard InChI is InChI=1S/C10H11BrCl2N2O/c1-2-14-5-8(16)15-7-4-3-6(11)9(12)10(7)13/h3-4,14H,2,5H2,1H3,(H,15,16). The molecule has 1 aromatic rings. The molecule has 0 saturated carbocycles. The second-order valence-corrected chi connectivity index (χ2v) is 4.66. The highest BCUT2D eigenvalue weighted by molar-refractivity contribution is 9.10. The van der Waals surface area contributed by atoms with Gasteiger partial charge in [0.25, 0.3) is 0 Å². The summed E-state index contributed by atoms with van der Waals surface area (Å²) in [6, 6.07) is 3.43. The van der Waals surface area contributed by atoms with E-state index >= 15 is 0 Å². The van der Waals surface area contributed by atoms with Crippen LogP contribution in [0.25, 0.3) is 0 Å². The maximum absolute atomic E-state index is 11.4. The zero-order chi connectivity index (χ0) is 12.1. The van der Waals surface area contributed by atoms with Gasteiger partial charge < -0.3 is 10.6 Å². The molecule has 0 bridgehead atoms. The molecule has 0 fully saturated rings. The Morgan fingerprint density at radius 2 is 2.06 bits per heavy atom. The van der Waals surface area contributed by atoms with Crippen LogP contribution in [0.3, 0.4) is 0 Å². The van der Waals surface area contributed by atoms with Crippen LogP contribution in [-0.2, 0) is 4.79 Å². The fraction of sp³-hybridized carbons (Fsp3) is 0.300. The first kappa shape index (κ1) is 13.8. The average molecular weight is 326 g/mol. The molecular formula is C10H11BrCl2N2O. The number of amides is 1. The quantitative estimate of drug-likeness (QED) is 0.834. The molecule has 88 valence electrons. The summed E-state index contributed by atoms with van der Waals surface area (Å²) in [5.41, 5.74) is 0.512. The maximum atomic E-state index is 11.4. The van der Waals surface area contributed by atoms with Gasteiger partial charge in [0, 0.05) is 4.47 Å². The van der Waals surface area contributed by atoms with Gasteiger partial charge >= 0.3 is 0 Å². The number of carbonyl (C=O) groups is 1. The van der Waals surface area contributed by atoms with Gasteiger partial charge in [-0.1, -0.05) is 30.1 Å². The van der Waals surface area contributed by atoms with Crippen LogP contribution in [-0.4, -0.2) is 19.0 Å². The van der Waals surface area contributed by atoms with E-state index in [9.17, 15) is 4.79 Å². The van der Waals surface area contributed by atoms with Crippen LogP contribution >= 0.6 is 39.1 Å². The van der Waals surface area contributed by atoms with Crippen molar-refractivity contribution in [3.05, 3.63) is 26.7 Å². The van der Waals surface area contributed by atoms with E-state index < -0.39 is 0 Å². The van der Waals surface area contributed by atoms with Crippen LogP contribution in [0.15, 0.2) is 16.6 Å². The third kappa shape index (κ3) is 3.63. The number of hydrogen-bond donors (Lipinski definition) is 2. The number of benzene rings is 1. The third-order valence-corrected chi connectivity index (χ3v) is 3.62. The normalized spacial score (nSPS) is 10.2. The van der Waals surface area contributed by atoms with Crippen molar-refractivity contribution < 1.29 is 4.79 Å². The molecule has 1 aromatic carbocycles. The van der Waals surface area contributed by atoms with Crippen molar-refractivity contribution in [2.75, 3.05) is 18.4 Å². The first-order chi connectivity index (χ1) is 7.56. The summed E-state index contributed by atoms with van der Waals surface area (Å²) in [4.78, 5) is 11.4. The Labute approximate surface area is 113 Å². The van der Waals surface area contributed by atoms with Gasteiger partial charge in [-0.05, 0) is 34.6 Å². The van der Waals surface area contributed by atoms with Crippen LogP contribution < -0.4 is 10.6 Å². The van der Waals surface area contributed by atoms with Crippen LogP contribution in [0.2, 0.25) is 10.0 Å². The molecule has 0 aliphatic heterocycles. The molecule has 6 heteroatoms. The lowest BCUT2D eigenvalue weighted by Gasteiger charge is -2.09. The number of halogens is 3. The molecular weight excluding hydrogens is 315 g/mol. The first-order valence-electron chi connectivity index (χ1n) is 4.70. The summed E-state index contributed by atoms with van der Waals surface area (Å²) in [7, 11) is 0. The molecule has 0 aromatic heterocycles. The van der Waals surface area contributed by atoms with Crippen molar-refractivity contribution in [1.82, 2.24) is 5.32 Å². The van der Waals surface area contributed by atoms with Crippen molar-refractivity contribution in [2.45, 2.75) is 6.92 Å². The molecule has 0 aliphatic rings. The van der Waals surface area contributed by atoms with E-state index in [-0.39, 0.29) is 12.5 Å². The van der Waals surface area contributed by atoms with Gasteiger partial charge in [-0.25, -0.2) is 0 Å². The molecule has 2 N–H and O–H groups in total. The highest BCUT2D eigenvalue weighted by atomic mass is 79.9. The maximum Gasteiger partial charge on any atom is 0.238 e. The van der Waals surface area contributed by atoms with Crippen LogP contribution in [0.5, 0.6) is 0 Å². The Balaban J connectivity index is 2.74. The minimum Gasteiger partial charge on any atom is -0.324 e. The molecule has 0 radical (unpaired) electrons. The summed E-state index contributed by atoms with van der Waals surface area (Å²) < 4.78 is 0.698. The second kappa shape index (κ2) is 6.45. The molecule has 0 unspecified atom stereocenters. The molecule has 1 amide bonds. The van der Waals surface area contributed by atoms with E-state index in [4.69, 9.17) is 23.2 Å². The van der Waals surface area contributed by atoms with E-state index in [1.54, 1.807) is 12.1 Å². The van der Waals surface area contributed by atoms with Crippen LogP contribution in [0.4, 0.5) is 5.69 Å². The predicted molar refractivity (Wildman–Crippen MR) is 71.3 cm³/mol. The van der Waals surface area contributed by atoms with Crippen molar-refractivity contribution in [1.29, 1.82) is 0 Å². The number of anilines is 1. The molecule has 0 heterocycles. The molecule has 0 aliphatic carbocycles. The van der Waals surface area contributed by atoms with Gasteiger partial charge in [0.05, 0.1) is 22.3 Å². The SMILES string of the molecule is CCNCC(=O)Nc1ccc(Br)c(Cl)c1Cl.